The van der Waals surface area contributed by atoms with Gasteiger partial charge in [-0.25, -0.2) is 8.42 Å². The third-order valence-electron chi connectivity index (χ3n) is 5.86. The molecule has 2 rings (SSSR count). The summed E-state index contributed by atoms with van der Waals surface area (Å²) in [5.41, 5.74) is 2.20. The van der Waals surface area contributed by atoms with Crippen molar-refractivity contribution in [2.24, 2.45) is 5.92 Å². The standard InChI is InChI=1S/C27H38ClN3O4S/c1-6-24(27(33)29-18-20(2)3)30(19-22-11-8-7-9-12-22)26(32)13-10-16-31(36(5,34)35)25-17-23(28)15-14-21(25)4/h7-9,11-12,14-15,17,20,24H,6,10,13,16,18-19H2,1-5H3,(H,29,33). The summed E-state index contributed by atoms with van der Waals surface area (Å²) in [6.45, 7) is 8.70. The summed E-state index contributed by atoms with van der Waals surface area (Å²) in [4.78, 5) is 28.0. The number of sulfonamides is 1. The van der Waals surface area contributed by atoms with Gasteiger partial charge in [0.2, 0.25) is 21.8 Å². The number of nitrogens with one attached hydrogen (secondary N) is 1. The van der Waals surface area contributed by atoms with Gasteiger partial charge in [0.25, 0.3) is 0 Å². The van der Waals surface area contributed by atoms with E-state index in [2.05, 4.69) is 5.32 Å². The Labute approximate surface area is 220 Å². The molecule has 0 saturated heterocycles. The Balaban J connectivity index is 2.21. The van der Waals surface area contributed by atoms with E-state index >= 15 is 0 Å². The van der Waals surface area contributed by atoms with Gasteiger partial charge >= 0.3 is 0 Å². The maximum Gasteiger partial charge on any atom is 0.242 e. The molecule has 2 aromatic rings. The molecule has 1 N–H and O–H groups in total. The number of halogens is 1. The van der Waals surface area contributed by atoms with Gasteiger partial charge in [-0.15, -0.1) is 0 Å². The van der Waals surface area contributed by atoms with Gasteiger partial charge in [0.15, 0.2) is 0 Å². The molecular weight excluding hydrogens is 498 g/mol. The Kier molecular flexibility index (Phi) is 11.2. The zero-order valence-corrected chi connectivity index (χ0v) is 23.4. The lowest BCUT2D eigenvalue weighted by atomic mass is 10.1. The molecule has 9 heteroatoms. The molecule has 0 aromatic heterocycles. The van der Waals surface area contributed by atoms with Crippen molar-refractivity contribution in [1.82, 2.24) is 10.2 Å². The topological polar surface area (TPSA) is 86.8 Å². The van der Waals surface area contributed by atoms with Crippen LogP contribution in [0.25, 0.3) is 0 Å². The van der Waals surface area contributed by atoms with Crippen LogP contribution in [0.1, 0.15) is 51.2 Å². The van der Waals surface area contributed by atoms with E-state index in [1.54, 1.807) is 23.1 Å². The van der Waals surface area contributed by atoms with Gasteiger partial charge in [-0.05, 0) is 48.9 Å². The van der Waals surface area contributed by atoms with Crippen molar-refractivity contribution >= 4 is 39.1 Å². The first-order valence-corrected chi connectivity index (χ1v) is 14.5. The van der Waals surface area contributed by atoms with Crippen LogP contribution in [-0.4, -0.2) is 50.5 Å². The minimum atomic E-state index is -3.59. The van der Waals surface area contributed by atoms with Crippen molar-refractivity contribution in [3.05, 3.63) is 64.7 Å². The monoisotopic (exact) mass is 535 g/mol. The number of carbonyl (C=O) groups is 2. The van der Waals surface area contributed by atoms with Crippen molar-refractivity contribution in [2.45, 2.75) is 59.5 Å². The van der Waals surface area contributed by atoms with Crippen molar-refractivity contribution in [3.63, 3.8) is 0 Å². The van der Waals surface area contributed by atoms with Crippen molar-refractivity contribution in [1.29, 1.82) is 0 Å². The quantitative estimate of drug-likeness (QED) is 0.400. The fourth-order valence-corrected chi connectivity index (χ4v) is 5.14. The number of anilines is 1. The number of amides is 2. The molecule has 36 heavy (non-hydrogen) atoms. The van der Waals surface area contributed by atoms with E-state index in [4.69, 9.17) is 11.6 Å². The Morgan fingerprint density at radius 1 is 1.08 bits per heavy atom. The molecule has 0 heterocycles. The zero-order valence-electron chi connectivity index (χ0n) is 21.8. The fraction of sp³-hybridized carbons (Fsp3) is 0.481. The van der Waals surface area contributed by atoms with E-state index in [1.165, 1.54) is 4.31 Å². The third kappa shape index (κ3) is 8.82. The van der Waals surface area contributed by atoms with Crippen molar-refractivity contribution in [2.75, 3.05) is 23.7 Å². The first-order valence-electron chi connectivity index (χ1n) is 12.3. The van der Waals surface area contributed by atoms with Crippen LogP contribution < -0.4 is 9.62 Å². The van der Waals surface area contributed by atoms with Crippen LogP contribution in [0.3, 0.4) is 0 Å². The normalized spacial score (nSPS) is 12.3. The summed E-state index contributed by atoms with van der Waals surface area (Å²) in [5, 5.41) is 3.39. The molecule has 0 saturated carbocycles. The molecule has 0 bridgehead atoms. The minimum Gasteiger partial charge on any atom is -0.354 e. The van der Waals surface area contributed by atoms with E-state index in [0.717, 1.165) is 17.4 Å². The zero-order chi connectivity index (χ0) is 26.9. The largest absolute Gasteiger partial charge is 0.354 e. The van der Waals surface area contributed by atoms with Gasteiger partial charge < -0.3 is 10.2 Å². The summed E-state index contributed by atoms with van der Waals surface area (Å²) in [7, 11) is -3.59. The number of hydrogen-bond donors (Lipinski definition) is 1. The van der Waals surface area contributed by atoms with Gasteiger partial charge in [-0.3, -0.25) is 13.9 Å². The van der Waals surface area contributed by atoms with E-state index in [-0.39, 0.29) is 24.8 Å². The average molecular weight is 536 g/mol. The summed E-state index contributed by atoms with van der Waals surface area (Å²) in [6.07, 6.45) is 2.02. The van der Waals surface area contributed by atoms with Crippen molar-refractivity contribution in [3.8, 4) is 0 Å². The maximum atomic E-state index is 13.4. The molecule has 2 amide bonds. The smallest absolute Gasteiger partial charge is 0.242 e. The highest BCUT2D eigenvalue weighted by Gasteiger charge is 2.29. The maximum absolute atomic E-state index is 13.4. The van der Waals surface area contributed by atoms with Gasteiger partial charge in [0.05, 0.1) is 11.9 Å². The van der Waals surface area contributed by atoms with Crippen LogP contribution in [0.4, 0.5) is 5.69 Å². The lowest BCUT2D eigenvalue weighted by Gasteiger charge is -2.31. The molecule has 1 atom stereocenters. The van der Waals surface area contributed by atoms with Crippen LogP contribution in [0.2, 0.25) is 5.02 Å². The van der Waals surface area contributed by atoms with Crippen LogP contribution >= 0.6 is 11.6 Å². The van der Waals surface area contributed by atoms with Gasteiger partial charge in [-0.2, -0.15) is 0 Å². The number of rotatable bonds is 13. The molecule has 0 aliphatic carbocycles. The van der Waals surface area contributed by atoms with Crippen molar-refractivity contribution < 1.29 is 18.0 Å². The fourth-order valence-electron chi connectivity index (χ4n) is 3.96. The summed E-state index contributed by atoms with van der Waals surface area (Å²) >= 11 is 6.12. The minimum absolute atomic E-state index is 0.104. The second-order valence-electron chi connectivity index (χ2n) is 9.44. The molecule has 0 spiro atoms. The molecule has 0 aliphatic heterocycles. The van der Waals surface area contributed by atoms with Gasteiger partial charge in [0, 0.05) is 31.1 Å². The third-order valence-corrected chi connectivity index (χ3v) is 7.27. The van der Waals surface area contributed by atoms with E-state index in [0.29, 0.717) is 42.6 Å². The Morgan fingerprint density at radius 3 is 2.33 bits per heavy atom. The van der Waals surface area contributed by atoms with Crippen LogP contribution in [0.15, 0.2) is 48.5 Å². The number of carbonyl (C=O) groups excluding carboxylic acids is 2. The lowest BCUT2D eigenvalue weighted by molar-refractivity contribution is -0.141. The molecule has 0 aliphatic rings. The molecule has 7 nitrogen and oxygen atoms in total. The average Bonchev–Trinajstić information content (AvgIpc) is 2.81. The van der Waals surface area contributed by atoms with Gasteiger partial charge in [-0.1, -0.05) is 68.8 Å². The summed E-state index contributed by atoms with van der Waals surface area (Å²) in [6, 6.07) is 14.0. The number of aryl methyl sites for hydroxylation is 1. The van der Waals surface area contributed by atoms with E-state index in [9.17, 15) is 18.0 Å². The number of benzene rings is 2. The highest BCUT2D eigenvalue weighted by Crippen LogP contribution is 2.27. The Morgan fingerprint density at radius 2 is 1.75 bits per heavy atom. The lowest BCUT2D eigenvalue weighted by Crippen LogP contribution is -2.49. The Hall–Kier alpha value is -2.58. The highest BCUT2D eigenvalue weighted by atomic mass is 35.5. The molecule has 1 unspecified atom stereocenters. The second kappa shape index (κ2) is 13.7. The molecule has 2 aromatic carbocycles. The predicted octanol–water partition coefficient (Wildman–Crippen LogP) is 4.77. The first-order chi connectivity index (χ1) is 16.9. The van der Waals surface area contributed by atoms with Crippen LogP contribution in [0.5, 0.6) is 0 Å². The second-order valence-corrected chi connectivity index (χ2v) is 11.8. The first kappa shape index (κ1) is 29.6. The molecule has 198 valence electrons. The molecule has 0 radical (unpaired) electrons. The molecular formula is C27H38ClN3O4S. The summed E-state index contributed by atoms with van der Waals surface area (Å²) in [5.74, 6) is -0.0777. The SMILES string of the molecule is CCC(C(=O)NCC(C)C)N(Cc1ccccc1)C(=O)CCCN(c1cc(Cl)ccc1C)S(C)(=O)=O. The van der Waals surface area contributed by atoms with Crippen LogP contribution in [0, 0.1) is 12.8 Å². The van der Waals surface area contributed by atoms with Gasteiger partial charge in [0.1, 0.15) is 6.04 Å². The summed E-state index contributed by atoms with van der Waals surface area (Å²) < 4.78 is 26.4. The predicted molar refractivity (Wildman–Crippen MR) is 147 cm³/mol. The number of nitrogens with zero attached hydrogens (tertiary/aromatic N) is 2. The van der Waals surface area contributed by atoms with E-state index < -0.39 is 16.1 Å². The molecule has 0 fully saturated rings. The number of hydrogen-bond acceptors (Lipinski definition) is 4. The highest BCUT2D eigenvalue weighted by molar-refractivity contribution is 7.92. The van der Waals surface area contributed by atoms with Crippen LogP contribution in [-0.2, 0) is 26.2 Å². The van der Waals surface area contributed by atoms with E-state index in [1.807, 2.05) is 58.0 Å². The Bertz CT molecular complexity index is 1120.